The first kappa shape index (κ1) is 21.7. The molecule has 34 heavy (non-hydrogen) atoms. The molecule has 0 spiro atoms. The van der Waals surface area contributed by atoms with Crippen LogP contribution in [0.1, 0.15) is 28.9 Å². The molecule has 1 atom stereocenters. The van der Waals surface area contributed by atoms with Gasteiger partial charge in [0.25, 0.3) is 5.91 Å². The van der Waals surface area contributed by atoms with Gasteiger partial charge < -0.3 is 20.5 Å². The van der Waals surface area contributed by atoms with Gasteiger partial charge in [0.15, 0.2) is 0 Å². The number of hydrogen-bond donors (Lipinski definition) is 2. The predicted molar refractivity (Wildman–Crippen MR) is 134 cm³/mol. The zero-order valence-electron chi connectivity index (χ0n) is 18.9. The summed E-state index contributed by atoms with van der Waals surface area (Å²) in [5, 5.41) is 4.01. The Kier molecular flexibility index (Phi) is 5.99. The molecule has 0 saturated carbocycles. The zero-order valence-corrected chi connectivity index (χ0v) is 18.9. The van der Waals surface area contributed by atoms with Crippen molar-refractivity contribution in [2.45, 2.75) is 19.4 Å². The summed E-state index contributed by atoms with van der Waals surface area (Å²) in [5.74, 6) is 0.177. The minimum atomic E-state index is -0.264. The number of nitrogens with zero attached hydrogens (tertiary/aromatic N) is 3. The molecule has 1 fully saturated rings. The van der Waals surface area contributed by atoms with Crippen molar-refractivity contribution in [2.24, 2.45) is 11.7 Å². The second kappa shape index (κ2) is 9.39. The van der Waals surface area contributed by atoms with Crippen LogP contribution in [0.15, 0.2) is 79.0 Å². The second-order valence-electron chi connectivity index (χ2n) is 8.71. The number of fused-ring (bicyclic) bond motifs is 1. The number of primary amides is 1. The van der Waals surface area contributed by atoms with Crippen molar-refractivity contribution < 1.29 is 9.59 Å². The van der Waals surface area contributed by atoms with Crippen LogP contribution < -0.4 is 16.0 Å². The molecule has 4 aromatic rings. The van der Waals surface area contributed by atoms with E-state index < -0.39 is 0 Å². The van der Waals surface area contributed by atoms with Crippen molar-refractivity contribution >= 4 is 34.2 Å². The summed E-state index contributed by atoms with van der Waals surface area (Å²) in [7, 11) is 0. The van der Waals surface area contributed by atoms with Crippen LogP contribution in [0.3, 0.4) is 0 Å². The van der Waals surface area contributed by atoms with Crippen LogP contribution in [-0.4, -0.2) is 34.5 Å². The van der Waals surface area contributed by atoms with Gasteiger partial charge in [-0.05, 0) is 42.7 Å². The van der Waals surface area contributed by atoms with Gasteiger partial charge in [-0.3, -0.25) is 9.59 Å². The predicted octanol–water partition coefficient (Wildman–Crippen LogP) is 4.04. The van der Waals surface area contributed by atoms with Crippen molar-refractivity contribution in [3.63, 3.8) is 0 Å². The Morgan fingerprint density at radius 2 is 1.82 bits per heavy atom. The molecule has 0 radical (unpaired) electrons. The highest BCUT2D eigenvalue weighted by molar-refractivity contribution is 6.06. The second-order valence-corrected chi connectivity index (χ2v) is 8.71. The minimum absolute atomic E-state index is 0.151. The first-order chi connectivity index (χ1) is 16.6. The van der Waals surface area contributed by atoms with Crippen LogP contribution >= 0.6 is 0 Å². The SMILES string of the molecule is NC(=O)C1CCCN(c2ccc(NC(=O)c3cc4ccccc4n3Cc3ccccc3)cn2)C1. The number of para-hydroxylation sites is 1. The lowest BCUT2D eigenvalue weighted by Crippen LogP contribution is -2.41. The van der Waals surface area contributed by atoms with E-state index in [-0.39, 0.29) is 17.7 Å². The van der Waals surface area contributed by atoms with Crippen LogP contribution in [-0.2, 0) is 11.3 Å². The number of carbonyl (C=O) groups excluding carboxylic acids is 2. The Hall–Kier alpha value is -4.13. The number of nitrogens with one attached hydrogen (secondary N) is 1. The maximum atomic E-state index is 13.3. The first-order valence-electron chi connectivity index (χ1n) is 11.5. The van der Waals surface area contributed by atoms with E-state index in [2.05, 4.69) is 27.3 Å². The third-order valence-electron chi connectivity index (χ3n) is 6.38. The highest BCUT2D eigenvalue weighted by Gasteiger charge is 2.24. The lowest BCUT2D eigenvalue weighted by atomic mass is 9.97. The fraction of sp³-hybridized carbons (Fsp3) is 0.222. The van der Waals surface area contributed by atoms with Gasteiger partial charge in [-0.1, -0.05) is 48.5 Å². The van der Waals surface area contributed by atoms with Crippen LogP contribution in [0.2, 0.25) is 0 Å². The van der Waals surface area contributed by atoms with Crippen LogP contribution in [0.25, 0.3) is 10.9 Å². The molecule has 7 heteroatoms. The molecule has 1 aliphatic rings. The summed E-state index contributed by atoms with van der Waals surface area (Å²) < 4.78 is 2.04. The Balaban J connectivity index is 1.36. The van der Waals surface area contributed by atoms with Gasteiger partial charge >= 0.3 is 0 Å². The van der Waals surface area contributed by atoms with Gasteiger partial charge in [0, 0.05) is 30.5 Å². The summed E-state index contributed by atoms with van der Waals surface area (Å²) in [5.41, 5.74) is 8.84. The molecule has 5 rings (SSSR count). The maximum Gasteiger partial charge on any atom is 0.272 e. The Labute approximate surface area is 198 Å². The molecule has 1 unspecified atom stereocenters. The number of piperidine rings is 1. The third-order valence-corrected chi connectivity index (χ3v) is 6.38. The number of rotatable bonds is 6. The largest absolute Gasteiger partial charge is 0.369 e. The molecule has 1 saturated heterocycles. The van der Waals surface area contributed by atoms with Crippen molar-refractivity contribution in [2.75, 3.05) is 23.3 Å². The monoisotopic (exact) mass is 453 g/mol. The van der Waals surface area contributed by atoms with Crippen LogP contribution in [0, 0.1) is 5.92 Å². The van der Waals surface area contributed by atoms with Gasteiger partial charge in [-0.25, -0.2) is 4.98 Å². The van der Waals surface area contributed by atoms with Crippen LogP contribution in [0.5, 0.6) is 0 Å². The number of pyridine rings is 1. The van der Waals surface area contributed by atoms with Crippen molar-refractivity contribution in [1.29, 1.82) is 0 Å². The van der Waals surface area contributed by atoms with E-state index in [0.29, 0.717) is 24.5 Å². The fourth-order valence-corrected chi connectivity index (χ4v) is 4.59. The quantitative estimate of drug-likeness (QED) is 0.461. The number of nitrogens with two attached hydrogens (primary N) is 1. The van der Waals surface area contributed by atoms with E-state index in [1.54, 1.807) is 6.20 Å². The Bertz CT molecular complexity index is 1310. The summed E-state index contributed by atoms with van der Waals surface area (Å²) in [6, 6.07) is 23.8. The summed E-state index contributed by atoms with van der Waals surface area (Å²) in [6.07, 6.45) is 3.38. The van der Waals surface area contributed by atoms with Gasteiger partial charge in [0.2, 0.25) is 5.91 Å². The fourth-order valence-electron chi connectivity index (χ4n) is 4.59. The van der Waals surface area contributed by atoms with E-state index >= 15 is 0 Å². The number of hydrogen-bond acceptors (Lipinski definition) is 4. The van der Waals surface area contributed by atoms with Crippen molar-refractivity contribution in [3.8, 4) is 0 Å². The third kappa shape index (κ3) is 4.50. The molecule has 2 aromatic carbocycles. The van der Waals surface area contributed by atoms with Crippen molar-refractivity contribution in [3.05, 3.63) is 90.3 Å². The topological polar surface area (TPSA) is 93.3 Å². The van der Waals surface area contributed by atoms with Gasteiger partial charge in [0.05, 0.1) is 17.8 Å². The number of amides is 2. The molecule has 3 heterocycles. The Morgan fingerprint density at radius 3 is 2.59 bits per heavy atom. The van der Waals surface area contributed by atoms with E-state index in [9.17, 15) is 9.59 Å². The Morgan fingerprint density at radius 1 is 1.03 bits per heavy atom. The van der Waals surface area contributed by atoms with Crippen molar-refractivity contribution in [1.82, 2.24) is 9.55 Å². The van der Waals surface area contributed by atoms with Gasteiger partial charge in [-0.2, -0.15) is 0 Å². The molecular formula is C27H27N5O2. The molecule has 7 nitrogen and oxygen atoms in total. The average Bonchev–Trinajstić information content (AvgIpc) is 3.24. The number of aromatic nitrogens is 2. The number of carbonyl (C=O) groups is 2. The molecular weight excluding hydrogens is 426 g/mol. The molecule has 172 valence electrons. The van der Waals surface area contributed by atoms with Gasteiger partial charge in [-0.15, -0.1) is 0 Å². The smallest absolute Gasteiger partial charge is 0.272 e. The lowest BCUT2D eigenvalue weighted by Gasteiger charge is -2.32. The summed E-state index contributed by atoms with van der Waals surface area (Å²) >= 11 is 0. The first-order valence-corrected chi connectivity index (χ1v) is 11.5. The average molecular weight is 454 g/mol. The lowest BCUT2D eigenvalue weighted by molar-refractivity contribution is -0.122. The highest BCUT2D eigenvalue weighted by Crippen LogP contribution is 2.24. The van der Waals surface area contributed by atoms with E-state index in [1.165, 1.54) is 0 Å². The molecule has 1 aliphatic heterocycles. The molecule has 2 amide bonds. The van der Waals surface area contributed by atoms with E-state index in [1.807, 2.05) is 65.2 Å². The molecule has 0 aliphatic carbocycles. The number of benzene rings is 2. The molecule has 3 N–H and O–H groups in total. The van der Waals surface area contributed by atoms with E-state index in [0.717, 1.165) is 41.7 Å². The molecule has 2 aromatic heterocycles. The highest BCUT2D eigenvalue weighted by atomic mass is 16.2. The van der Waals surface area contributed by atoms with Crippen LogP contribution in [0.4, 0.5) is 11.5 Å². The minimum Gasteiger partial charge on any atom is -0.369 e. The summed E-state index contributed by atoms with van der Waals surface area (Å²) in [6.45, 7) is 2.01. The zero-order chi connectivity index (χ0) is 23.5. The van der Waals surface area contributed by atoms with Gasteiger partial charge in [0.1, 0.15) is 11.5 Å². The summed E-state index contributed by atoms with van der Waals surface area (Å²) in [4.78, 5) is 31.5. The van der Waals surface area contributed by atoms with E-state index in [4.69, 9.17) is 5.73 Å². The maximum absolute atomic E-state index is 13.3. The molecule has 0 bridgehead atoms. The standard InChI is InChI=1S/C27H27N5O2/c28-26(33)21-10-6-14-31(18-21)25-13-12-22(16-29-25)30-27(34)24-15-20-9-4-5-11-23(20)32(24)17-19-7-2-1-3-8-19/h1-5,7-9,11-13,15-16,21H,6,10,14,17-18H2,(H2,28,33)(H,30,34). The number of anilines is 2. The normalized spacial score (nSPS) is 15.9.